The third kappa shape index (κ3) is 3.07. The van der Waals surface area contributed by atoms with E-state index in [0.29, 0.717) is 0 Å². The van der Waals surface area contributed by atoms with E-state index >= 15 is 0 Å². The van der Waals surface area contributed by atoms with Crippen LogP contribution in [0.1, 0.15) is 20.8 Å². The van der Waals surface area contributed by atoms with Gasteiger partial charge in [-0.1, -0.05) is 11.6 Å². The molecule has 0 aliphatic heterocycles. The summed E-state index contributed by atoms with van der Waals surface area (Å²) in [5.74, 6) is -2.26. The number of primary amides is 1. The van der Waals surface area contributed by atoms with Crippen molar-refractivity contribution in [3.8, 4) is 0 Å². The minimum absolute atomic E-state index is 0.0272. The molecule has 0 saturated carbocycles. The highest BCUT2D eigenvalue weighted by molar-refractivity contribution is 6.29. The summed E-state index contributed by atoms with van der Waals surface area (Å²) in [7, 11) is 0. The van der Waals surface area contributed by atoms with Crippen molar-refractivity contribution in [3.63, 3.8) is 0 Å². The van der Waals surface area contributed by atoms with E-state index in [9.17, 15) is 14.0 Å². The Kier molecular flexibility index (Phi) is 3.90. The third-order valence-electron chi connectivity index (χ3n) is 2.34. The number of benzene rings is 1. The molecule has 1 aromatic carbocycles. The third-order valence-corrected chi connectivity index (χ3v) is 2.54. The van der Waals surface area contributed by atoms with Gasteiger partial charge in [0.05, 0.1) is 18.0 Å². The van der Waals surface area contributed by atoms with Crippen LogP contribution in [0.3, 0.4) is 0 Å². The Morgan fingerprint density at radius 1 is 1.25 bits per heavy atom. The van der Waals surface area contributed by atoms with Gasteiger partial charge in [0.25, 0.3) is 11.8 Å². The fraction of sp³-hybridized carbons (Fsp3) is 0. The Bertz CT molecular complexity index is 676. The molecule has 1 heterocycles. The minimum Gasteiger partial charge on any atom is -0.366 e. The van der Waals surface area contributed by atoms with E-state index in [0.717, 1.165) is 12.1 Å². The molecule has 2 amide bonds. The van der Waals surface area contributed by atoms with E-state index in [4.69, 9.17) is 17.3 Å². The number of nitrogens with zero attached hydrogens (tertiary/aromatic N) is 2. The van der Waals surface area contributed by atoms with Gasteiger partial charge in [0, 0.05) is 5.69 Å². The predicted octanol–water partition coefficient (Wildman–Crippen LogP) is 1.62. The highest BCUT2D eigenvalue weighted by Crippen LogP contribution is 2.15. The maximum absolute atomic E-state index is 13.3. The van der Waals surface area contributed by atoms with Gasteiger partial charge < -0.3 is 11.1 Å². The number of halogens is 2. The number of aromatic nitrogens is 2. The summed E-state index contributed by atoms with van der Waals surface area (Å²) >= 11 is 5.55. The summed E-state index contributed by atoms with van der Waals surface area (Å²) in [4.78, 5) is 30.3. The zero-order valence-electron chi connectivity index (χ0n) is 9.93. The maximum atomic E-state index is 13.3. The van der Waals surface area contributed by atoms with Crippen LogP contribution in [0.4, 0.5) is 10.1 Å². The van der Waals surface area contributed by atoms with Crippen LogP contribution in [0, 0.1) is 5.82 Å². The van der Waals surface area contributed by atoms with Gasteiger partial charge in [-0.25, -0.2) is 14.4 Å². The van der Waals surface area contributed by atoms with Crippen LogP contribution in [-0.2, 0) is 0 Å². The molecule has 6 nitrogen and oxygen atoms in total. The molecule has 0 aliphatic rings. The number of nitrogens with two attached hydrogens (primary N) is 1. The molecule has 0 radical (unpaired) electrons. The molecule has 1 aromatic heterocycles. The fourth-order valence-electron chi connectivity index (χ4n) is 1.42. The number of hydrogen-bond acceptors (Lipinski definition) is 4. The molecule has 102 valence electrons. The molecule has 0 fully saturated rings. The highest BCUT2D eigenvalue weighted by atomic mass is 35.5. The predicted molar refractivity (Wildman–Crippen MR) is 69.9 cm³/mol. The van der Waals surface area contributed by atoms with Crippen molar-refractivity contribution in [2.75, 3.05) is 5.32 Å². The number of carbonyl (C=O) groups excluding carboxylic acids is 2. The largest absolute Gasteiger partial charge is 0.366 e. The Morgan fingerprint density at radius 2 is 2.00 bits per heavy atom. The molecule has 2 rings (SSSR count). The molecule has 8 heteroatoms. The first-order valence-electron chi connectivity index (χ1n) is 5.35. The Hall–Kier alpha value is -2.54. The van der Waals surface area contributed by atoms with E-state index < -0.39 is 17.6 Å². The van der Waals surface area contributed by atoms with Crippen LogP contribution in [0.5, 0.6) is 0 Å². The van der Waals surface area contributed by atoms with Crippen LogP contribution in [0.15, 0.2) is 30.6 Å². The summed E-state index contributed by atoms with van der Waals surface area (Å²) in [5.41, 5.74) is 4.94. The van der Waals surface area contributed by atoms with Gasteiger partial charge in [-0.05, 0) is 18.2 Å². The molecule has 0 atom stereocenters. The lowest BCUT2D eigenvalue weighted by Gasteiger charge is -2.06. The van der Waals surface area contributed by atoms with Crippen molar-refractivity contribution in [1.29, 1.82) is 0 Å². The summed E-state index contributed by atoms with van der Waals surface area (Å²) in [6.07, 6.45) is 2.41. The number of anilines is 1. The lowest BCUT2D eigenvalue weighted by atomic mass is 10.1. The maximum Gasteiger partial charge on any atom is 0.275 e. The zero-order valence-corrected chi connectivity index (χ0v) is 10.7. The number of nitrogens with one attached hydrogen (secondary N) is 1. The van der Waals surface area contributed by atoms with Gasteiger partial charge in [-0.15, -0.1) is 0 Å². The molecular weight excluding hydrogens is 287 g/mol. The summed E-state index contributed by atoms with van der Waals surface area (Å²) < 4.78 is 13.3. The topological polar surface area (TPSA) is 98.0 Å². The zero-order chi connectivity index (χ0) is 14.7. The minimum atomic E-state index is -0.926. The molecule has 2 aromatic rings. The van der Waals surface area contributed by atoms with Crippen LogP contribution in [0.25, 0.3) is 0 Å². The normalized spacial score (nSPS) is 10.1. The van der Waals surface area contributed by atoms with E-state index in [2.05, 4.69) is 15.3 Å². The second kappa shape index (κ2) is 5.62. The smallest absolute Gasteiger partial charge is 0.275 e. The van der Waals surface area contributed by atoms with Crippen LogP contribution < -0.4 is 11.1 Å². The lowest BCUT2D eigenvalue weighted by molar-refractivity contribution is 0.0992. The number of carbonyl (C=O) groups is 2. The molecule has 0 spiro atoms. The van der Waals surface area contributed by atoms with Gasteiger partial charge in [0.2, 0.25) is 0 Å². The van der Waals surface area contributed by atoms with E-state index in [1.54, 1.807) is 0 Å². The molecule has 3 N–H and O–H groups in total. The van der Waals surface area contributed by atoms with Gasteiger partial charge in [0.15, 0.2) is 0 Å². The quantitative estimate of drug-likeness (QED) is 0.898. The van der Waals surface area contributed by atoms with Gasteiger partial charge in [-0.2, -0.15) is 0 Å². The molecular formula is C12H8ClFN4O2. The average Bonchev–Trinajstić information content (AvgIpc) is 2.41. The van der Waals surface area contributed by atoms with Gasteiger partial charge >= 0.3 is 0 Å². The number of amides is 2. The monoisotopic (exact) mass is 294 g/mol. The van der Waals surface area contributed by atoms with Gasteiger partial charge in [0.1, 0.15) is 16.7 Å². The number of rotatable bonds is 3. The highest BCUT2D eigenvalue weighted by Gasteiger charge is 2.12. The number of hydrogen-bond donors (Lipinski definition) is 2. The molecule has 0 unspecified atom stereocenters. The summed E-state index contributed by atoms with van der Waals surface area (Å²) in [6.45, 7) is 0. The van der Waals surface area contributed by atoms with Crippen LogP contribution in [0.2, 0.25) is 5.15 Å². The Morgan fingerprint density at radius 3 is 2.60 bits per heavy atom. The first-order valence-corrected chi connectivity index (χ1v) is 5.73. The molecule has 0 aliphatic carbocycles. The van der Waals surface area contributed by atoms with E-state index in [1.165, 1.54) is 18.5 Å². The molecule has 0 saturated heterocycles. The van der Waals surface area contributed by atoms with Crippen molar-refractivity contribution in [2.45, 2.75) is 0 Å². The lowest BCUT2D eigenvalue weighted by Crippen LogP contribution is -2.16. The van der Waals surface area contributed by atoms with Crippen molar-refractivity contribution in [3.05, 3.63) is 52.8 Å². The SMILES string of the molecule is NC(=O)c1cc(NC(=O)c2cnc(Cl)cn2)ccc1F. The first-order chi connectivity index (χ1) is 9.47. The van der Waals surface area contributed by atoms with Crippen molar-refractivity contribution in [2.24, 2.45) is 5.73 Å². The second-order valence-corrected chi connectivity index (χ2v) is 4.12. The summed E-state index contributed by atoms with van der Waals surface area (Å²) in [5, 5.41) is 2.59. The Labute approximate surface area is 117 Å². The van der Waals surface area contributed by atoms with E-state index in [-0.39, 0.29) is 22.1 Å². The standard InChI is InChI=1S/C12H8ClFN4O2/c13-10-5-16-9(4-17-10)12(20)18-6-1-2-8(14)7(3-6)11(15)19/h1-5H,(H2,15,19)(H,18,20). The van der Waals surface area contributed by atoms with Crippen molar-refractivity contribution < 1.29 is 14.0 Å². The molecule has 20 heavy (non-hydrogen) atoms. The average molecular weight is 295 g/mol. The van der Waals surface area contributed by atoms with Crippen LogP contribution >= 0.6 is 11.6 Å². The van der Waals surface area contributed by atoms with Crippen LogP contribution in [-0.4, -0.2) is 21.8 Å². The first kappa shape index (κ1) is 13.9. The fourth-order valence-corrected chi connectivity index (χ4v) is 1.51. The Balaban J connectivity index is 2.21. The van der Waals surface area contributed by atoms with E-state index in [1.807, 2.05) is 0 Å². The van der Waals surface area contributed by atoms with Gasteiger partial charge in [-0.3, -0.25) is 9.59 Å². The summed E-state index contributed by atoms with van der Waals surface area (Å²) in [6, 6.07) is 3.46. The van der Waals surface area contributed by atoms with Crippen molar-refractivity contribution >= 4 is 29.1 Å². The van der Waals surface area contributed by atoms with Crippen molar-refractivity contribution in [1.82, 2.24) is 9.97 Å². The second-order valence-electron chi connectivity index (χ2n) is 3.74. The molecule has 0 bridgehead atoms.